The van der Waals surface area contributed by atoms with Crippen LogP contribution in [0.15, 0.2) is 54.8 Å². The predicted molar refractivity (Wildman–Crippen MR) is 108 cm³/mol. The zero-order valence-electron chi connectivity index (χ0n) is 15.3. The summed E-state index contributed by atoms with van der Waals surface area (Å²) in [6.45, 7) is 3.93. The Bertz CT molecular complexity index is 839. The Morgan fingerprint density at radius 3 is 2.69 bits per heavy atom. The van der Waals surface area contributed by atoms with Crippen molar-refractivity contribution in [1.82, 2.24) is 14.7 Å². The molecule has 3 rings (SSSR count). The predicted octanol–water partition coefficient (Wildman–Crippen LogP) is 3.38. The third-order valence-electron chi connectivity index (χ3n) is 4.30. The molecule has 0 radical (unpaired) electrons. The molecule has 1 aromatic carbocycles. The number of carbonyl (C=O) groups excluding carboxylic acids is 1. The van der Waals surface area contributed by atoms with Crippen LogP contribution < -0.4 is 5.73 Å². The van der Waals surface area contributed by atoms with E-state index in [1.54, 1.807) is 16.7 Å². The van der Waals surface area contributed by atoms with Crippen LogP contribution in [0.2, 0.25) is 0 Å². The number of nitrogens with two attached hydrogens (primary N) is 1. The Morgan fingerprint density at radius 2 is 2.12 bits per heavy atom. The van der Waals surface area contributed by atoms with E-state index >= 15 is 0 Å². The number of allylic oxidation sites excluding steroid dienone is 3. The summed E-state index contributed by atoms with van der Waals surface area (Å²) >= 11 is 1.63. The molecular weight excluding hydrogens is 344 g/mol. The molecule has 1 saturated heterocycles. The molecule has 5 nitrogen and oxygen atoms in total. The maximum Gasteiger partial charge on any atom is 0.233 e. The van der Waals surface area contributed by atoms with Gasteiger partial charge in [0.25, 0.3) is 0 Å². The van der Waals surface area contributed by atoms with Gasteiger partial charge < -0.3 is 10.6 Å². The third kappa shape index (κ3) is 3.76. The molecule has 0 aliphatic carbocycles. The van der Waals surface area contributed by atoms with Crippen molar-refractivity contribution in [2.45, 2.75) is 25.3 Å². The van der Waals surface area contributed by atoms with Crippen LogP contribution in [0.25, 0.3) is 11.3 Å². The van der Waals surface area contributed by atoms with Crippen molar-refractivity contribution < 1.29 is 4.79 Å². The van der Waals surface area contributed by atoms with E-state index in [1.165, 1.54) is 0 Å². The molecule has 2 aromatic rings. The first kappa shape index (κ1) is 18.5. The second-order valence-corrected chi connectivity index (χ2v) is 7.41. The summed E-state index contributed by atoms with van der Waals surface area (Å²) in [5.41, 5.74) is 9.78. The number of aromatic nitrogens is 2. The lowest BCUT2D eigenvalue weighted by Gasteiger charge is -2.18. The third-order valence-corrected chi connectivity index (χ3v) is 5.60. The number of thioether (sulfide) groups is 1. The first-order valence-electron chi connectivity index (χ1n) is 8.64. The summed E-state index contributed by atoms with van der Waals surface area (Å²) in [5, 5.41) is 4.80. The fourth-order valence-electron chi connectivity index (χ4n) is 2.87. The minimum atomic E-state index is -0.0337. The lowest BCUT2D eigenvalue weighted by atomic mass is 10.1. The van der Waals surface area contributed by atoms with Crippen LogP contribution in [0.1, 0.15) is 30.5 Å². The highest BCUT2D eigenvalue weighted by atomic mass is 32.2. The van der Waals surface area contributed by atoms with Crippen molar-refractivity contribution in [1.29, 1.82) is 0 Å². The van der Waals surface area contributed by atoms with Gasteiger partial charge in [0.2, 0.25) is 5.91 Å². The molecule has 26 heavy (non-hydrogen) atoms. The highest BCUT2D eigenvalue weighted by Crippen LogP contribution is 2.40. The van der Waals surface area contributed by atoms with E-state index in [2.05, 4.69) is 0 Å². The zero-order chi connectivity index (χ0) is 18.7. The Hall–Kier alpha value is -2.31. The number of carbonyl (C=O) groups is 1. The van der Waals surface area contributed by atoms with Crippen molar-refractivity contribution in [3.63, 3.8) is 0 Å². The van der Waals surface area contributed by atoms with Gasteiger partial charge in [-0.05, 0) is 31.6 Å². The summed E-state index contributed by atoms with van der Waals surface area (Å²) in [5.74, 6) is 0.643. The van der Waals surface area contributed by atoms with E-state index in [1.807, 2.05) is 80.3 Å². The minimum absolute atomic E-state index is 0.0327. The number of hydrogen-bond acceptors (Lipinski definition) is 4. The number of hydrogen-bond donors (Lipinski definition) is 1. The minimum Gasteiger partial charge on any atom is -0.329 e. The molecule has 1 aliphatic heterocycles. The molecule has 1 aliphatic rings. The molecule has 0 saturated carbocycles. The van der Waals surface area contributed by atoms with Crippen molar-refractivity contribution in [3.8, 4) is 5.69 Å². The van der Waals surface area contributed by atoms with E-state index in [-0.39, 0.29) is 17.3 Å². The Balaban J connectivity index is 2.09. The highest BCUT2D eigenvalue weighted by molar-refractivity contribution is 8.00. The van der Waals surface area contributed by atoms with Gasteiger partial charge in [-0.1, -0.05) is 36.4 Å². The van der Waals surface area contributed by atoms with Gasteiger partial charge in [-0.15, -0.1) is 11.8 Å². The smallest absolute Gasteiger partial charge is 0.233 e. The molecule has 0 spiro atoms. The molecule has 2 atom stereocenters. The first-order chi connectivity index (χ1) is 12.5. The average molecular weight is 369 g/mol. The number of rotatable bonds is 5. The molecule has 1 amide bonds. The van der Waals surface area contributed by atoms with Gasteiger partial charge in [-0.3, -0.25) is 4.79 Å². The van der Waals surface area contributed by atoms with Crippen LogP contribution in [0, 0.1) is 0 Å². The molecule has 2 unspecified atom stereocenters. The molecule has 0 bridgehead atoms. The number of benzene rings is 1. The van der Waals surface area contributed by atoms with E-state index in [0.29, 0.717) is 5.75 Å². The van der Waals surface area contributed by atoms with Crippen molar-refractivity contribution in [2.75, 3.05) is 12.8 Å². The van der Waals surface area contributed by atoms with Crippen molar-refractivity contribution in [2.24, 2.45) is 5.73 Å². The van der Waals surface area contributed by atoms with E-state index < -0.39 is 0 Å². The normalized spacial score (nSPS) is 19.5. The number of nitrogens with zero attached hydrogens (tertiary/aromatic N) is 3. The van der Waals surface area contributed by atoms with E-state index in [9.17, 15) is 4.79 Å². The second kappa shape index (κ2) is 7.93. The Morgan fingerprint density at radius 1 is 1.38 bits per heavy atom. The van der Waals surface area contributed by atoms with Crippen LogP contribution in [-0.2, 0) is 4.79 Å². The lowest BCUT2D eigenvalue weighted by Crippen LogP contribution is -2.23. The average Bonchev–Trinajstić information content (AvgIpc) is 3.21. The standard InChI is InChI=1S/C20H24N4OS/c1-4-15(11-10-14(2)21)19-17(20-23(3)18(25)13-26-20)12-24(22-19)16-8-6-5-7-9-16/h4-12,14,20H,13,21H2,1-3H3/b11-10-,15-4+. The molecule has 136 valence electrons. The summed E-state index contributed by atoms with van der Waals surface area (Å²) < 4.78 is 1.88. The lowest BCUT2D eigenvalue weighted by molar-refractivity contribution is -0.126. The van der Waals surface area contributed by atoms with Crippen LogP contribution in [-0.4, -0.2) is 39.4 Å². The molecule has 2 heterocycles. The summed E-state index contributed by atoms with van der Waals surface area (Å²) in [6, 6.07) is 9.96. The van der Waals surface area contributed by atoms with Gasteiger partial charge in [0.05, 0.1) is 17.1 Å². The number of amides is 1. The van der Waals surface area contributed by atoms with Gasteiger partial charge in [-0.25, -0.2) is 4.68 Å². The molecular formula is C20H24N4OS. The first-order valence-corrected chi connectivity index (χ1v) is 9.69. The van der Waals surface area contributed by atoms with Crippen LogP contribution in [0.4, 0.5) is 0 Å². The van der Waals surface area contributed by atoms with Crippen molar-refractivity contribution in [3.05, 3.63) is 66.0 Å². The monoisotopic (exact) mass is 368 g/mol. The molecule has 2 N–H and O–H groups in total. The van der Waals surface area contributed by atoms with Crippen LogP contribution >= 0.6 is 11.8 Å². The van der Waals surface area contributed by atoms with Crippen LogP contribution in [0.3, 0.4) is 0 Å². The van der Waals surface area contributed by atoms with Gasteiger partial charge in [-0.2, -0.15) is 5.10 Å². The van der Waals surface area contributed by atoms with Crippen molar-refractivity contribution >= 4 is 23.2 Å². The summed E-state index contributed by atoms with van der Waals surface area (Å²) in [4.78, 5) is 13.8. The summed E-state index contributed by atoms with van der Waals surface area (Å²) in [7, 11) is 1.85. The fourth-order valence-corrected chi connectivity index (χ4v) is 4.06. The molecule has 6 heteroatoms. The van der Waals surface area contributed by atoms with Crippen LogP contribution in [0.5, 0.6) is 0 Å². The SMILES string of the molecule is C/C=C(\C=C/C(C)N)c1nn(-c2ccccc2)cc1C1SCC(=O)N1C. The van der Waals surface area contributed by atoms with E-state index in [4.69, 9.17) is 10.8 Å². The van der Waals surface area contributed by atoms with E-state index in [0.717, 1.165) is 22.5 Å². The second-order valence-electron chi connectivity index (χ2n) is 6.34. The van der Waals surface area contributed by atoms with Gasteiger partial charge in [0.1, 0.15) is 5.37 Å². The highest BCUT2D eigenvalue weighted by Gasteiger charge is 2.33. The maximum absolute atomic E-state index is 12.0. The van der Waals surface area contributed by atoms with Gasteiger partial charge in [0, 0.05) is 24.8 Å². The summed E-state index contributed by atoms with van der Waals surface area (Å²) in [6.07, 6.45) is 8.02. The van der Waals surface area contributed by atoms with Gasteiger partial charge >= 0.3 is 0 Å². The quantitative estimate of drug-likeness (QED) is 0.822. The molecule has 1 aromatic heterocycles. The molecule has 1 fully saturated rings. The largest absolute Gasteiger partial charge is 0.329 e. The van der Waals surface area contributed by atoms with Gasteiger partial charge in [0.15, 0.2) is 0 Å². The topological polar surface area (TPSA) is 64.1 Å². The Labute approximate surface area is 158 Å². The number of para-hydroxylation sites is 1. The maximum atomic E-state index is 12.0. The Kier molecular flexibility index (Phi) is 5.64. The fraction of sp³-hybridized carbons (Fsp3) is 0.300. The zero-order valence-corrected chi connectivity index (χ0v) is 16.1.